The standard InChI is InChI=1S/C19H26N4O3S2/c1-2-10-23-17-16(28-19(23)27)18(25)22(13-21-17)12-15(24)20-9-6-11-26-14-7-4-3-5-8-14/h2,13-14H,1,3-12H2,(H,20,24). The molecule has 2 aromatic rings. The molecular formula is C19H26N4O3S2. The Morgan fingerprint density at radius 1 is 1.43 bits per heavy atom. The summed E-state index contributed by atoms with van der Waals surface area (Å²) < 4.78 is 9.96. The lowest BCUT2D eigenvalue weighted by Crippen LogP contribution is -2.33. The van der Waals surface area contributed by atoms with Crippen molar-refractivity contribution in [1.29, 1.82) is 0 Å². The van der Waals surface area contributed by atoms with Crippen molar-refractivity contribution in [2.75, 3.05) is 13.2 Å². The van der Waals surface area contributed by atoms with E-state index in [0.717, 1.165) is 19.3 Å². The maximum absolute atomic E-state index is 12.6. The predicted octanol–water partition coefficient (Wildman–Crippen LogP) is 3.03. The van der Waals surface area contributed by atoms with Gasteiger partial charge >= 0.3 is 0 Å². The van der Waals surface area contributed by atoms with Gasteiger partial charge in [-0.2, -0.15) is 0 Å². The summed E-state index contributed by atoms with van der Waals surface area (Å²) >= 11 is 6.50. The topological polar surface area (TPSA) is 78.2 Å². The fraction of sp³-hybridized carbons (Fsp3) is 0.579. The Balaban J connectivity index is 1.50. The zero-order chi connectivity index (χ0) is 19.9. The molecule has 1 aliphatic rings. The van der Waals surface area contributed by atoms with Gasteiger partial charge < -0.3 is 14.6 Å². The third kappa shape index (κ3) is 5.15. The van der Waals surface area contributed by atoms with Gasteiger partial charge in [-0.1, -0.05) is 36.7 Å². The fourth-order valence-corrected chi connectivity index (χ4v) is 4.68. The molecule has 1 fully saturated rings. The first-order chi connectivity index (χ1) is 13.6. The van der Waals surface area contributed by atoms with E-state index in [0.29, 0.717) is 40.1 Å². The molecule has 0 radical (unpaired) electrons. The Hall–Kier alpha value is -1.84. The molecule has 9 heteroatoms. The summed E-state index contributed by atoms with van der Waals surface area (Å²) in [6, 6.07) is 0. The van der Waals surface area contributed by atoms with E-state index in [1.807, 2.05) is 0 Å². The van der Waals surface area contributed by atoms with Gasteiger partial charge in [-0.25, -0.2) is 4.98 Å². The Kier molecular flexibility index (Phi) is 7.52. The Bertz CT molecular complexity index is 941. The Morgan fingerprint density at radius 3 is 2.96 bits per heavy atom. The molecule has 0 saturated heterocycles. The van der Waals surface area contributed by atoms with Crippen LogP contribution in [-0.4, -0.2) is 39.3 Å². The van der Waals surface area contributed by atoms with Gasteiger partial charge in [0.2, 0.25) is 5.91 Å². The normalized spacial score (nSPS) is 15.0. The van der Waals surface area contributed by atoms with Crippen LogP contribution in [0.3, 0.4) is 0 Å². The van der Waals surface area contributed by atoms with E-state index in [4.69, 9.17) is 17.0 Å². The molecule has 152 valence electrons. The van der Waals surface area contributed by atoms with Crippen LogP contribution in [0.25, 0.3) is 10.3 Å². The quantitative estimate of drug-likeness (QED) is 0.382. The van der Waals surface area contributed by atoms with E-state index < -0.39 is 0 Å². The van der Waals surface area contributed by atoms with Crippen molar-refractivity contribution in [2.45, 2.75) is 57.7 Å². The second-order valence-electron chi connectivity index (χ2n) is 6.93. The molecule has 0 atom stereocenters. The number of allylic oxidation sites excluding steroid dienone is 1. The second-order valence-corrected chi connectivity index (χ2v) is 8.58. The first kappa shape index (κ1) is 20.9. The maximum atomic E-state index is 12.6. The third-order valence-electron chi connectivity index (χ3n) is 4.82. The fourth-order valence-electron chi connectivity index (χ4n) is 3.37. The minimum absolute atomic E-state index is 0.0582. The van der Waals surface area contributed by atoms with Gasteiger partial charge in [0.15, 0.2) is 9.60 Å². The summed E-state index contributed by atoms with van der Waals surface area (Å²) in [4.78, 5) is 29.1. The minimum atomic E-state index is -0.250. The molecule has 1 amide bonds. The van der Waals surface area contributed by atoms with Crippen LogP contribution < -0.4 is 10.9 Å². The highest BCUT2D eigenvalue weighted by Crippen LogP contribution is 2.20. The number of hydrogen-bond acceptors (Lipinski definition) is 6. The lowest BCUT2D eigenvalue weighted by Gasteiger charge is -2.21. The first-order valence-corrected chi connectivity index (χ1v) is 10.9. The van der Waals surface area contributed by atoms with Crippen LogP contribution in [0.1, 0.15) is 38.5 Å². The zero-order valence-electron chi connectivity index (χ0n) is 15.9. The van der Waals surface area contributed by atoms with Crippen molar-refractivity contribution in [3.8, 4) is 0 Å². The Morgan fingerprint density at radius 2 is 2.21 bits per heavy atom. The molecule has 3 rings (SSSR count). The molecule has 0 bridgehead atoms. The summed E-state index contributed by atoms with van der Waals surface area (Å²) in [7, 11) is 0. The highest BCUT2D eigenvalue weighted by atomic mass is 32.1. The molecule has 0 aliphatic heterocycles. The largest absolute Gasteiger partial charge is 0.378 e. The number of rotatable bonds is 9. The summed E-state index contributed by atoms with van der Waals surface area (Å²) in [5, 5.41) is 2.84. The van der Waals surface area contributed by atoms with Crippen LogP contribution in [0, 0.1) is 3.95 Å². The van der Waals surface area contributed by atoms with Gasteiger partial charge in [0.25, 0.3) is 5.56 Å². The van der Waals surface area contributed by atoms with E-state index in [1.54, 1.807) is 10.6 Å². The highest BCUT2D eigenvalue weighted by molar-refractivity contribution is 7.73. The number of nitrogens with zero attached hydrogens (tertiary/aromatic N) is 3. The molecule has 2 heterocycles. The van der Waals surface area contributed by atoms with E-state index in [2.05, 4.69) is 16.9 Å². The molecular weight excluding hydrogens is 396 g/mol. The van der Waals surface area contributed by atoms with Gasteiger partial charge in [0.05, 0.1) is 6.10 Å². The summed E-state index contributed by atoms with van der Waals surface area (Å²) in [5.74, 6) is -0.213. The van der Waals surface area contributed by atoms with Crippen molar-refractivity contribution < 1.29 is 9.53 Å². The van der Waals surface area contributed by atoms with Crippen LogP contribution in [0.2, 0.25) is 0 Å². The number of aromatic nitrogens is 3. The van der Waals surface area contributed by atoms with Crippen molar-refractivity contribution >= 4 is 39.8 Å². The molecule has 0 unspecified atom stereocenters. The number of carbonyl (C=O) groups is 1. The average molecular weight is 423 g/mol. The second kappa shape index (κ2) is 10.1. The maximum Gasteiger partial charge on any atom is 0.273 e. The molecule has 1 N–H and O–H groups in total. The summed E-state index contributed by atoms with van der Waals surface area (Å²) in [5.41, 5.74) is 0.288. The number of ether oxygens (including phenoxy) is 1. The third-order valence-corrected chi connectivity index (χ3v) is 6.24. The van der Waals surface area contributed by atoms with E-state index in [9.17, 15) is 9.59 Å². The van der Waals surface area contributed by atoms with Gasteiger partial charge in [-0.3, -0.25) is 14.2 Å². The average Bonchev–Trinajstić information content (AvgIpc) is 3.01. The van der Waals surface area contributed by atoms with Crippen LogP contribution in [-0.2, 0) is 22.6 Å². The van der Waals surface area contributed by atoms with E-state index >= 15 is 0 Å². The van der Waals surface area contributed by atoms with Gasteiger partial charge in [0, 0.05) is 19.7 Å². The van der Waals surface area contributed by atoms with Gasteiger partial charge in [-0.05, 0) is 31.5 Å². The van der Waals surface area contributed by atoms with Crippen molar-refractivity contribution in [3.63, 3.8) is 0 Å². The molecule has 0 spiro atoms. The van der Waals surface area contributed by atoms with Crippen LogP contribution in [0.5, 0.6) is 0 Å². The van der Waals surface area contributed by atoms with Gasteiger partial charge in [-0.15, -0.1) is 6.58 Å². The molecule has 1 saturated carbocycles. The lowest BCUT2D eigenvalue weighted by molar-refractivity contribution is -0.121. The smallest absolute Gasteiger partial charge is 0.273 e. The lowest BCUT2D eigenvalue weighted by atomic mass is 9.98. The number of hydrogen-bond donors (Lipinski definition) is 1. The molecule has 28 heavy (non-hydrogen) atoms. The van der Waals surface area contributed by atoms with Crippen LogP contribution >= 0.6 is 23.6 Å². The number of fused-ring (bicyclic) bond motifs is 1. The van der Waals surface area contributed by atoms with E-state index in [1.165, 1.54) is 41.5 Å². The van der Waals surface area contributed by atoms with Crippen LogP contribution in [0.4, 0.5) is 0 Å². The number of nitrogens with one attached hydrogen (secondary N) is 1. The number of carbonyl (C=O) groups excluding carboxylic acids is 1. The molecule has 7 nitrogen and oxygen atoms in total. The Labute approximate surface area is 173 Å². The van der Waals surface area contributed by atoms with Crippen molar-refractivity contribution in [2.24, 2.45) is 0 Å². The molecule has 2 aromatic heterocycles. The highest BCUT2D eigenvalue weighted by Gasteiger charge is 2.14. The van der Waals surface area contributed by atoms with Crippen LogP contribution in [0.15, 0.2) is 23.8 Å². The first-order valence-electron chi connectivity index (χ1n) is 9.68. The summed E-state index contributed by atoms with van der Waals surface area (Å²) in [6.07, 6.45) is 10.4. The molecule has 1 aliphatic carbocycles. The molecule has 0 aromatic carbocycles. The van der Waals surface area contributed by atoms with Crippen molar-refractivity contribution in [3.05, 3.63) is 33.3 Å². The predicted molar refractivity (Wildman–Crippen MR) is 113 cm³/mol. The van der Waals surface area contributed by atoms with E-state index in [-0.39, 0.29) is 18.0 Å². The zero-order valence-corrected chi connectivity index (χ0v) is 17.5. The van der Waals surface area contributed by atoms with Crippen molar-refractivity contribution in [1.82, 2.24) is 19.4 Å². The monoisotopic (exact) mass is 422 g/mol. The SMILES string of the molecule is C=CCn1c(=S)sc2c(=O)n(CC(=O)NCCCOC3CCCCC3)cnc21. The van der Waals surface area contributed by atoms with Gasteiger partial charge in [0.1, 0.15) is 17.6 Å². The minimum Gasteiger partial charge on any atom is -0.378 e. The number of amides is 1. The number of thiazole rings is 1. The summed E-state index contributed by atoms with van der Waals surface area (Å²) in [6.45, 7) is 5.32.